The minimum Gasteiger partial charge on any atom is -0.337 e. The topological polar surface area (TPSA) is 59.0 Å². The van der Waals surface area contributed by atoms with E-state index >= 15 is 0 Å². The van der Waals surface area contributed by atoms with Crippen LogP contribution in [0.15, 0.2) is 54.6 Å². The Bertz CT molecular complexity index is 878. The van der Waals surface area contributed by atoms with Crippen LogP contribution in [0.5, 0.6) is 0 Å². The minimum absolute atomic E-state index is 0.156. The Morgan fingerprint density at radius 3 is 2.63 bits per heavy atom. The third kappa shape index (κ3) is 5.26. The number of carbonyl (C=O) groups is 1. The van der Waals surface area contributed by atoms with E-state index in [2.05, 4.69) is 64.4 Å². The van der Waals surface area contributed by atoms with Gasteiger partial charge >= 0.3 is 6.03 Å². The standard InChI is InChI=1S/C21H26N4OS/c1-3-25-19-12-8-7-11-18(19)24-20(25)14-23-21(26)22-13-16(2)27-15-17-9-5-4-6-10-17/h4-12,16H,3,13-15H2,1-2H3,(H2,22,23,26). The molecule has 0 spiro atoms. The molecule has 27 heavy (non-hydrogen) atoms. The number of imidazole rings is 1. The summed E-state index contributed by atoms with van der Waals surface area (Å²) in [7, 11) is 0. The highest BCUT2D eigenvalue weighted by Crippen LogP contribution is 2.17. The Morgan fingerprint density at radius 1 is 1.11 bits per heavy atom. The normalized spacial score (nSPS) is 12.1. The summed E-state index contributed by atoms with van der Waals surface area (Å²) < 4.78 is 2.13. The van der Waals surface area contributed by atoms with Gasteiger partial charge in [0.05, 0.1) is 17.6 Å². The zero-order valence-electron chi connectivity index (χ0n) is 15.8. The maximum Gasteiger partial charge on any atom is 0.315 e. The highest BCUT2D eigenvalue weighted by molar-refractivity contribution is 7.99. The first-order valence-electron chi connectivity index (χ1n) is 9.28. The van der Waals surface area contributed by atoms with Crippen molar-refractivity contribution in [3.05, 3.63) is 66.0 Å². The highest BCUT2D eigenvalue weighted by atomic mass is 32.2. The lowest BCUT2D eigenvalue weighted by molar-refractivity contribution is 0.240. The fourth-order valence-corrected chi connectivity index (χ4v) is 3.81. The number of carbonyl (C=O) groups excluding carboxylic acids is 1. The average Bonchev–Trinajstić information content (AvgIpc) is 3.07. The second kappa shape index (κ2) is 9.46. The van der Waals surface area contributed by atoms with Crippen LogP contribution in [0.4, 0.5) is 4.79 Å². The molecule has 1 atom stereocenters. The number of thioether (sulfide) groups is 1. The molecule has 2 aromatic carbocycles. The molecule has 0 aliphatic heterocycles. The zero-order chi connectivity index (χ0) is 19.1. The van der Waals surface area contributed by atoms with Gasteiger partial charge in [0.25, 0.3) is 0 Å². The summed E-state index contributed by atoms with van der Waals surface area (Å²) in [5.74, 6) is 1.83. The van der Waals surface area contributed by atoms with Crippen LogP contribution in [-0.2, 0) is 18.8 Å². The number of hydrogen-bond donors (Lipinski definition) is 2. The molecule has 1 aromatic heterocycles. The van der Waals surface area contributed by atoms with Crippen molar-refractivity contribution in [1.29, 1.82) is 0 Å². The van der Waals surface area contributed by atoms with E-state index in [1.54, 1.807) is 0 Å². The molecular formula is C21H26N4OS. The molecular weight excluding hydrogens is 356 g/mol. The van der Waals surface area contributed by atoms with Crippen LogP contribution in [0.3, 0.4) is 0 Å². The number of rotatable bonds is 8. The number of aryl methyl sites for hydroxylation is 1. The average molecular weight is 383 g/mol. The Labute approximate surface area is 164 Å². The summed E-state index contributed by atoms with van der Waals surface area (Å²) in [5, 5.41) is 6.22. The van der Waals surface area contributed by atoms with Crippen molar-refractivity contribution in [2.24, 2.45) is 0 Å². The van der Waals surface area contributed by atoms with Crippen LogP contribution in [-0.4, -0.2) is 27.4 Å². The first-order valence-corrected chi connectivity index (χ1v) is 10.3. The molecule has 0 aliphatic carbocycles. The van der Waals surface area contributed by atoms with Gasteiger partial charge in [-0.2, -0.15) is 11.8 Å². The zero-order valence-corrected chi connectivity index (χ0v) is 16.6. The van der Waals surface area contributed by atoms with Gasteiger partial charge in [-0.15, -0.1) is 0 Å². The highest BCUT2D eigenvalue weighted by Gasteiger charge is 2.11. The van der Waals surface area contributed by atoms with Crippen molar-refractivity contribution in [1.82, 2.24) is 20.2 Å². The summed E-state index contributed by atoms with van der Waals surface area (Å²) in [6, 6.07) is 18.3. The number of aromatic nitrogens is 2. The molecule has 0 saturated heterocycles. The molecule has 0 aliphatic rings. The van der Waals surface area contributed by atoms with E-state index in [9.17, 15) is 4.79 Å². The van der Waals surface area contributed by atoms with Crippen molar-refractivity contribution in [3.8, 4) is 0 Å². The lowest BCUT2D eigenvalue weighted by Gasteiger charge is -2.13. The molecule has 142 valence electrons. The molecule has 1 unspecified atom stereocenters. The van der Waals surface area contributed by atoms with Gasteiger partial charge in [-0.1, -0.05) is 49.4 Å². The maximum atomic E-state index is 12.1. The number of benzene rings is 2. The third-order valence-corrected chi connectivity index (χ3v) is 5.62. The van der Waals surface area contributed by atoms with E-state index in [1.165, 1.54) is 5.56 Å². The Hall–Kier alpha value is -2.47. The fourth-order valence-electron chi connectivity index (χ4n) is 2.94. The van der Waals surface area contributed by atoms with Crippen molar-refractivity contribution >= 4 is 28.8 Å². The van der Waals surface area contributed by atoms with Crippen LogP contribution in [0.25, 0.3) is 11.0 Å². The van der Waals surface area contributed by atoms with Crippen molar-refractivity contribution in [3.63, 3.8) is 0 Å². The molecule has 5 nitrogen and oxygen atoms in total. The molecule has 0 fully saturated rings. The van der Waals surface area contributed by atoms with E-state index in [0.29, 0.717) is 18.3 Å². The number of nitrogens with zero attached hydrogens (tertiary/aromatic N) is 2. The van der Waals surface area contributed by atoms with Gasteiger partial charge in [0.2, 0.25) is 0 Å². The molecule has 3 rings (SSSR count). The monoisotopic (exact) mass is 382 g/mol. The Balaban J connectivity index is 1.44. The van der Waals surface area contributed by atoms with E-state index in [4.69, 9.17) is 0 Å². The predicted octanol–water partition coefficient (Wildman–Crippen LogP) is 4.18. The number of fused-ring (bicyclic) bond motifs is 1. The van der Waals surface area contributed by atoms with Crippen molar-refractivity contribution in [2.45, 2.75) is 37.9 Å². The third-order valence-electron chi connectivity index (χ3n) is 4.38. The van der Waals surface area contributed by atoms with Gasteiger partial charge in [-0.05, 0) is 24.6 Å². The molecule has 3 aromatic rings. The molecule has 0 bridgehead atoms. The molecule has 2 N–H and O–H groups in total. The predicted molar refractivity (Wildman–Crippen MR) is 113 cm³/mol. The number of nitrogens with one attached hydrogen (secondary N) is 2. The van der Waals surface area contributed by atoms with Gasteiger partial charge in [0, 0.05) is 24.1 Å². The molecule has 1 heterocycles. The maximum absolute atomic E-state index is 12.1. The Kier molecular flexibility index (Phi) is 6.76. The smallest absolute Gasteiger partial charge is 0.315 e. The first kappa shape index (κ1) is 19.3. The van der Waals surface area contributed by atoms with Gasteiger partial charge < -0.3 is 15.2 Å². The molecule has 0 saturated carbocycles. The number of urea groups is 1. The summed E-state index contributed by atoms with van der Waals surface area (Å²) in [5.41, 5.74) is 3.36. The molecule has 0 radical (unpaired) electrons. The van der Waals surface area contributed by atoms with Crippen molar-refractivity contribution in [2.75, 3.05) is 6.54 Å². The summed E-state index contributed by atoms with van der Waals surface area (Å²) in [4.78, 5) is 16.8. The first-order chi connectivity index (χ1) is 13.2. The van der Waals surface area contributed by atoms with E-state index in [0.717, 1.165) is 29.2 Å². The van der Waals surface area contributed by atoms with Crippen LogP contribution in [0, 0.1) is 0 Å². The van der Waals surface area contributed by atoms with Crippen LogP contribution in [0.2, 0.25) is 0 Å². The lowest BCUT2D eigenvalue weighted by Crippen LogP contribution is -2.38. The van der Waals surface area contributed by atoms with E-state index in [-0.39, 0.29) is 6.03 Å². The SMILES string of the molecule is CCn1c(CNC(=O)NCC(C)SCc2ccccc2)nc2ccccc21. The largest absolute Gasteiger partial charge is 0.337 e. The second-order valence-electron chi connectivity index (χ2n) is 6.43. The van der Waals surface area contributed by atoms with Gasteiger partial charge in [-0.25, -0.2) is 9.78 Å². The number of para-hydroxylation sites is 2. The summed E-state index contributed by atoms with van der Waals surface area (Å²) in [6.45, 7) is 6.09. The van der Waals surface area contributed by atoms with Crippen LogP contribution in [0.1, 0.15) is 25.2 Å². The van der Waals surface area contributed by atoms with Crippen molar-refractivity contribution < 1.29 is 4.79 Å². The quantitative estimate of drug-likeness (QED) is 0.614. The van der Waals surface area contributed by atoms with E-state index in [1.807, 2.05) is 36.0 Å². The lowest BCUT2D eigenvalue weighted by atomic mass is 10.2. The van der Waals surface area contributed by atoms with Gasteiger partial charge in [-0.3, -0.25) is 0 Å². The number of amides is 2. The Morgan fingerprint density at radius 2 is 1.85 bits per heavy atom. The molecule has 2 amide bonds. The van der Waals surface area contributed by atoms with E-state index < -0.39 is 0 Å². The second-order valence-corrected chi connectivity index (χ2v) is 7.86. The number of hydrogen-bond acceptors (Lipinski definition) is 3. The van der Waals surface area contributed by atoms with Crippen LogP contribution < -0.4 is 10.6 Å². The van der Waals surface area contributed by atoms with Gasteiger partial charge in [0.15, 0.2) is 0 Å². The van der Waals surface area contributed by atoms with Gasteiger partial charge in [0.1, 0.15) is 5.82 Å². The van der Waals surface area contributed by atoms with Crippen LogP contribution >= 0.6 is 11.8 Å². The minimum atomic E-state index is -0.156. The fraction of sp³-hybridized carbons (Fsp3) is 0.333. The summed E-state index contributed by atoms with van der Waals surface area (Å²) >= 11 is 1.84. The summed E-state index contributed by atoms with van der Waals surface area (Å²) in [6.07, 6.45) is 0. The molecule has 6 heteroatoms.